The van der Waals surface area contributed by atoms with Gasteiger partial charge in [-0.25, -0.2) is 13.8 Å². The van der Waals surface area contributed by atoms with Crippen molar-refractivity contribution in [2.75, 3.05) is 14.2 Å². The average Bonchev–Trinajstić information content (AvgIpc) is 3.10. The van der Waals surface area contributed by atoms with Gasteiger partial charge in [0.1, 0.15) is 11.5 Å². The highest BCUT2D eigenvalue weighted by molar-refractivity contribution is 5.90. The van der Waals surface area contributed by atoms with Gasteiger partial charge in [0.25, 0.3) is 0 Å². The predicted molar refractivity (Wildman–Crippen MR) is 111 cm³/mol. The quantitative estimate of drug-likeness (QED) is 0.374. The van der Waals surface area contributed by atoms with Gasteiger partial charge in [-0.2, -0.15) is 0 Å². The molecule has 0 atom stereocenters. The Hall–Kier alpha value is -3.74. The van der Waals surface area contributed by atoms with Crippen LogP contribution >= 0.6 is 0 Å². The molecular formula is C23H19F2N3O2. The highest BCUT2D eigenvalue weighted by atomic mass is 19.1. The summed E-state index contributed by atoms with van der Waals surface area (Å²) in [6.45, 7) is 0.326. The third-order valence-electron chi connectivity index (χ3n) is 4.88. The summed E-state index contributed by atoms with van der Waals surface area (Å²) < 4.78 is 39.9. The third-order valence-corrected chi connectivity index (χ3v) is 4.88. The fourth-order valence-electron chi connectivity index (χ4n) is 3.41. The first kappa shape index (κ1) is 19.6. The van der Waals surface area contributed by atoms with Gasteiger partial charge in [-0.1, -0.05) is 6.07 Å². The molecule has 7 heteroatoms. The summed E-state index contributed by atoms with van der Waals surface area (Å²) in [7, 11) is 2.83. The standard InChI is InChI=1S/C23H19F2N3O2/c1-29-22-11-15-10-20(14-6-8-16(24)9-7-14)28(21(15)12-18(22)25)13-17-4-3-5-19(27-17)23(26)30-2/h3-12,26H,13H2,1-2H3. The van der Waals surface area contributed by atoms with E-state index in [4.69, 9.17) is 14.9 Å². The number of rotatable bonds is 5. The molecule has 2 heterocycles. The summed E-state index contributed by atoms with van der Waals surface area (Å²) in [6.07, 6.45) is 0. The van der Waals surface area contributed by atoms with E-state index in [0.717, 1.165) is 16.6 Å². The Morgan fingerprint density at radius 3 is 2.50 bits per heavy atom. The van der Waals surface area contributed by atoms with E-state index in [2.05, 4.69) is 4.98 Å². The van der Waals surface area contributed by atoms with Crippen molar-refractivity contribution in [3.05, 3.63) is 83.7 Å². The van der Waals surface area contributed by atoms with E-state index < -0.39 is 5.82 Å². The molecule has 30 heavy (non-hydrogen) atoms. The van der Waals surface area contributed by atoms with Crippen LogP contribution in [-0.2, 0) is 11.3 Å². The molecule has 0 unspecified atom stereocenters. The van der Waals surface area contributed by atoms with Crippen LogP contribution in [-0.4, -0.2) is 29.7 Å². The average molecular weight is 407 g/mol. The van der Waals surface area contributed by atoms with Gasteiger partial charge in [0.15, 0.2) is 11.6 Å². The third kappa shape index (κ3) is 3.61. The Balaban J connectivity index is 1.88. The summed E-state index contributed by atoms with van der Waals surface area (Å²) in [5.41, 5.74) is 3.30. The van der Waals surface area contributed by atoms with E-state index in [-0.39, 0.29) is 17.5 Å². The van der Waals surface area contributed by atoms with Crippen molar-refractivity contribution < 1.29 is 18.3 Å². The minimum Gasteiger partial charge on any atom is -0.494 e. The van der Waals surface area contributed by atoms with Gasteiger partial charge in [0, 0.05) is 17.1 Å². The molecule has 2 aromatic heterocycles. The van der Waals surface area contributed by atoms with Crippen molar-refractivity contribution in [2.45, 2.75) is 6.54 Å². The molecule has 0 spiro atoms. The van der Waals surface area contributed by atoms with Crippen molar-refractivity contribution >= 4 is 16.8 Å². The normalized spacial score (nSPS) is 10.9. The maximum atomic E-state index is 14.5. The number of hydrogen-bond donors (Lipinski definition) is 1. The molecule has 4 aromatic rings. The number of methoxy groups -OCH3 is 2. The largest absolute Gasteiger partial charge is 0.494 e. The smallest absolute Gasteiger partial charge is 0.232 e. The molecule has 0 bridgehead atoms. The van der Waals surface area contributed by atoms with E-state index in [9.17, 15) is 8.78 Å². The molecule has 1 N–H and O–H groups in total. The molecule has 0 aliphatic heterocycles. The van der Waals surface area contributed by atoms with Crippen molar-refractivity contribution in [3.63, 3.8) is 0 Å². The number of halogens is 2. The first-order valence-electron chi connectivity index (χ1n) is 9.21. The van der Waals surface area contributed by atoms with Gasteiger partial charge >= 0.3 is 0 Å². The lowest BCUT2D eigenvalue weighted by Gasteiger charge is -2.12. The van der Waals surface area contributed by atoms with Crippen molar-refractivity contribution in [3.8, 4) is 17.0 Å². The molecule has 5 nitrogen and oxygen atoms in total. The van der Waals surface area contributed by atoms with E-state index in [1.165, 1.54) is 32.4 Å². The van der Waals surface area contributed by atoms with E-state index in [1.807, 2.05) is 16.7 Å². The molecule has 0 aliphatic rings. The van der Waals surface area contributed by atoms with Gasteiger partial charge in [-0.3, -0.25) is 5.41 Å². The number of nitrogens with one attached hydrogen (secondary N) is 1. The van der Waals surface area contributed by atoms with Crippen LogP contribution in [0.15, 0.2) is 60.7 Å². The summed E-state index contributed by atoms with van der Waals surface area (Å²) >= 11 is 0. The van der Waals surface area contributed by atoms with Crippen molar-refractivity contribution in [1.82, 2.24) is 9.55 Å². The minimum absolute atomic E-state index is 0.0382. The molecule has 152 valence electrons. The van der Waals surface area contributed by atoms with Crippen LogP contribution in [0.3, 0.4) is 0 Å². The van der Waals surface area contributed by atoms with Crippen LogP contribution in [0.1, 0.15) is 11.4 Å². The number of hydrogen-bond acceptors (Lipinski definition) is 4. The van der Waals surface area contributed by atoms with Gasteiger partial charge < -0.3 is 14.0 Å². The molecule has 0 saturated heterocycles. The summed E-state index contributed by atoms with van der Waals surface area (Å²) in [5, 5.41) is 8.62. The summed E-state index contributed by atoms with van der Waals surface area (Å²) in [5.74, 6) is -0.692. The van der Waals surface area contributed by atoms with E-state index in [1.54, 1.807) is 30.3 Å². The lowest BCUT2D eigenvalue weighted by molar-refractivity contribution is 0.387. The lowest BCUT2D eigenvalue weighted by atomic mass is 10.1. The number of ether oxygens (including phenoxy) is 2. The monoisotopic (exact) mass is 407 g/mol. The van der Waals surface area contributed by atoms with Gasteiger partial charge in [-0.05, 0) is 54.1 Å². The maximum Gasteiger partial charge on any atom is 0.232 e. The second kappa shape index (κ2) is 7.94. The van der Waals surface area contributed by atoms with Crippen molar-refractivity contribution in [1.29, 1.82) is 5.41 Å². The first-order chi connectivity index (χ1) is 14.5. The summed E-state index contributed by atoms with van der Waals surface area (Å²) in [4.78, 5) is 4.48. The zero-order chi connectivity index (χ0) is 21.3. The highest BCUT2D eigenvalue weighted by Gasteiger charge is 2.16. The Bertz CT molecular complexity index is 1230. The SMILES string of the molecule is COC(=N)c1cccc(Cn2c(-c3ccc(F)cc3)cc3cc(OC)c(F)cc32)n1. The highest BCUT2D eigenvalue weighted by Crippen LogP contribution is 2.33. The molecular weight excluding hydrogens is 388 g/mol. The van der Waals surface area contributed by atoms with Gasteiger partial charge in [-0.15, -0.1) is 0 Å². The van der Waals surface area contributed by atoms with E-state index in [0.29, 0.717) is 23.4 Å². The molecule has 0 saturated carbocycles. The Labute approximate surface area is 172 Å². The zero-order valence-electron chi connectivity index (χ0n) is 16.4. The Kier molecular flexibility index (Phi) is 5.18. The molecule has 4 rings (SSSR count). The fourth-order valence-corrected chi connectivity index (χ4v) is 3.41. The van der Waals surface area contributed by atoms with Gasteiger partial charge in [0.2, 0.25) is 5.90 Å². The molecule has 2 aromatic carbocycles. The van der Waals surface area contributed by atoms with Crippen LogP contribution in [0.5, 0.6) is 5.75 Å². The number of pyridine rings is 1. The second-order valence-electron chi connectivity index (χ2n) is 6.72. The maximum absolute atomic E-state index is 14.5. The second-order valence-corrected chi connectivity index (χ2v) is 6.72. The van der Waals surface area contributed by atoms with Crippen LogP contribution in [0.25, 0.3) is 22.2 Å². The minimum atomic E-state index is -0.474. The van der Waals surface area contributed by atoms with Crippen LogP contribution in [0.4, 0.5) is 8.78 Å². The summed E-state index contributed by atoms with van der Waals surface area (Å²) in [6, 6.07) is 16.4. The Morgan fingerprint density at radius 2 is 1.80 bits per heavy atom. The van der Waals surface area contributed by atoms with E-state index >= 15 is 0 Å². The van der Waals surface area contributed by atoms with Gasteiger partial charge in [0.05, 0.1) is 32.0 Å². The molecule has 0 fully saturated rings. The zero-order valence-corrected chi connectivity index (χ0v) is 16.4. The predicted octanol–water partition coefficient (Wildman–Crippen LogP) is 5.01. The lowest BCUT2D eigenvalue weighted by Crippen LogP contribution is -2.09. The molecule has 0 amide bonds. The van der Waals surface area contributed by atoms with Crippen LogP contribution in [0, 0.1) is 17.0 Å². The number of nitrogens with zero attached hydrogens (tertiary/aromatic N) is 2. The van der Waals surface area contributed by atoms with Crippen LogP contribution in [0.2, 0.25) is 0 Å². The Morgan fingerprint density at radius 1 is 1.03 bits per heavy atom. The van der Waals surface area contributed by atoms with Crippen LogP contribution < -0.4 is 4.74 Å². The van der Waals surface area contributed by atoms with Crippen molar-refractivity contribution in [2.24, 2.45) is 0 Å². The topological polar surface area (TPSA) is 60.1 Å². The number of fused-ring (bicyclic) bond motifs is 1. The first-order valence-corrected chi connectivity index (χ1v) is 9.21. The molecule has 0 radical (unpaired) electrons. The number of benzene rings is 2. The number of aromatic nitrogens is 2. The fraction of sp³-hybridized carbons (Fsp3) is 0.130. The molecule has 0 aliphatic carbocycles.